The fourth-order valence-corrected chi connectivity index (χ4v) is 2.69. The molecule has 0 aromatic heterocycles. The van der Waals surface area contributed by atoms with Gasteiger partial charge in [0.1, 0.15) is 6.04 Å². The molecule has 1 amide bonds. The predicted octanol–water partition coefficient (Wildman–Crippen LogP) is 2.77. The molecule has 1 heterocycles. The van der Waals surface area contributed by atoms with E-state index in [0.29, 0.717) is 13.2 Å². The average Bonchev–Trinajstić information content (AvgIpc) is 3.03. The molecule has 1 unspecified atom stereocenters. The average molecular weight is 302 g/mol. The smallest absolute Gasteiger partial charge is 0.329 e. The van der Waals surface area contributed by atoms with Gasteiger partial charge in [-0.15, -0.1) is 0 Å². The quantitative estimate of drug-likeness (QED) is 0.400. The number of nitrogens with zero attached hydrogens (tertiary/aromatic N) is 1. The molecule has 1 aromatic rings. The fraction of sp³-hybridized carbons (Fsp3) is 0.500. The lowest BCUT2D eigenvalue weighted by Gasteiger charge is -2.17. The molecule has 1 aromatic carbocycles. The number of ether oxygens (including phenoxy) is 1. The maximum atomic E-state index is 11.8. The first-order valence-corrected chi connectivity index (χ1v) is 8.06. The molecular formula is C18H24NO3. The molecule has 119 valence electrons. The molecule has 0 spiro atoms. The Morgan fingerprint density at radius 1 is 1.18 bits per heavy atom. The highest BCUT2D eigenvalue weighted by Gasteiger charge is 2.30. The van der Waals surface area contributed by atoms with E-state index in [2.05, 4.69) is 24.3 Å². The summed E-state index contributed by atoms with van der Waals surface area (Å²) < 4.78 is 5.25. The highest BCUT2D eigenvalue weighted by Crippen LogP contribution is 2.15. The van der Waals surface area contributed by atoms with Crippen molar-refractivity contribution in [3.63, 3.8) is 0 Å². The maximum Gasteiger partial charge on any atom is 0.329 e. The number of likely N-dealkylation sites (tertiary alicyclic amines) is 1. The van der Waals surface area contributed by atoms with E-state index in [1.807, 2.05) is 12.5 Å². The number of esters is 1. The third-order valence-electron chi connectivity index (χ3n) is 3.96. The normalized spacial score (nSPS) is 17.5. The van der Waals surface area contributed by atoms with Crippen LogP contribution in [0.15, 0.2) is 30.3 Å². The Labute approximate surface area is 132 Å². The van der Waals surface area contributed by atoms with E-state index in [4.69, 9.17) is 4.74 Å². The molecule has 0 aliphatic carbocycles. The minimum atomic E-state index is -0.476. The van der Waals surface area contributed by atoms with Crippen LogP contribution in [0, 0.1) is 6.42 Å². The van der Waals surface area contributed by atoms with Crippen LogP contribution in [-0.4, -0.2) is 36.5 Å². The van der Waals surface area contributed by atoms with Crippen LogP contribution in [0.5, 0.6) is 0 Å². The van der Waals surface area contributed by atoms with Crippen LogP contribution >= 0.6 is 0 Å². The van der Waals surface area contributed by atoms with Crippen LogP contribution in [-0.2, 0) is 20.7 Å². The summed E-state index contributed by atoms with van der Waals surface area (Å²) in [5.74, 6) is -0.297. The first kappa shape index (κ1) is 16.5. The third-order valence-corrected chi connectivity index (χ3v) is 3.96. The van der Waals surface area contributed by atoms with Crippen molar-refractivity contribution in [2.45, 2.75) is 44.6 Å². The molecule has 1 saturated heterocycles. The Bertz CT molecular complexity index is 461. The van der Waals surface area contributed by atoms with E-state index >= 15 is 0 Å². The van der Waals surface area contributed by atoms with Gasteiger partial charge in [-0.1, -0.05) is 43.2 Å². The molecule has 1 aliphatic heterocycles. The van der Waals surface area contributed by atoms with Crippen molar-refractivity contribution in [1.82, 2.24) is 4.90 Å². The van der Waals surface area contributed by atoms with Gasteiger partial charge in [0, 0.05) is 6.54 Å². The molecule has 2 rings (SSSR count). The topological polar surface area (TPSA) is 46.6 Å². The molecule has 1 atom stereocenters. The summed E-state index contributed by atoms with van der Waals surface area (Å²) in [5.41, 5.74) is 1.37. The van der Waals surface area contributed by atoms with Crippen molar-refractivity contribution < 1.29 is 14.3 Å². The van der Waals surface area contributed by atoms with Crippen molar-refractivity contribution in [3.8, 4) is 0 Å². The van der Waals surface area contributed by atoms with Gasteiger partial charge in [0.2, 0.25) is 6.41 Å². The number of carbonyl (C=O) groups is 2. The number of rotatable bonds is 9. The highest BCUT2D eigenvalue weighted by atomic mass is 16.5. The van der Waals surface area contributed by atoms with Gasteiger partial charge in [0.05, 0.1) is 6.61 Å². The van der Waals surface area contributed by atoms with Crippen molar-refractivity contribution >= 4 is 12.4 Å². The summed E-state index contributed by atoms with van der Waals surface area (Å²) in [6.45, 7) is 1.06. The summed E-state index contributed by atoms with van der Waals surface area (Å²) >= 11 is 0. The second-order valence-electron chi connectivity index (χ2n) is 5.63. The van der Waals surface area contributed by atoms with E-state index in [0.717, 1.165) is 44.9 Å². The number of hydrogen-bond acceptors (Lipinski definition) is 3. The number of unbranched alkanes of at least 4 members (excludes halogenated alkanes) is 3. The van der Waals surface area contributed by atoms with Crippen molar-refractivity contribution in [2.75, 3.05) is 13.2 Å². The molecule has 1 radical (unpaired) electrons. The lowest BCUT2D eigenvalue weighted by molar-refractivity contribution is -0.149. The zero-order chi connectivity index (χ0) is 15.6. The number of amides is 1. The Kier molecular flexibility index (Phi) is 6.94. The highest BCUT2D eigenvalue weighted by molar-refractivity contribution is 5.80. The molecule has 0 saturated carbocycles. The molecule has 4 nitrogen and oxygen atoms in total. The Hall–Kier alpha value is -1.84. The van der Waals surface area contributed by atoms with E-state index in [-0.39, 0.29) is 5.97 Å². The Morgan fingerprint density at radius 2 is 1.95 bits per heavy atom. The lowest BCUT2D eigenvalue weighted by Crippen LogP contribution is -2.36. The Morgan fingerprint density at radius 3 is 2.73 bits per heavy atom. The van der Waals surface area contributed by atoms with Crippen LogP contribution in [0.2, 0.25) is 0 Å². The van der Waals surface area contributed by atoms with Gasteiger partial charge in [-0.25, -0.2) is 4.79 Å². The largest absolute Gasteiger partial charge is 0.464 e. The standard InChI is InChI=1S/C18H24NO3/c20-15-19-13-8-12-17(19)18(21)22-14-7-2-1-4-9-16-10-5-3-6-11-16/h3,5-6,10-12,15,17H,1-2,4,7-9,13-14H2. The summed E-state index contributed by atoms with van der Waals surface area (Å²) in [6, 6.07) is 9.99. The van der Waals surface area contributed by atoms with Crippen molar-refractivity contribution in [1.29, 1.82) is 0 Å². The maximum absolute atomic E-state index is 11.8. The number of aryl methyl sites for hydroxylation is 1. The lowest BCUT2D eigenvalue weighted by atomic mass is 10.1. The molecule has 0 bridgehead atoms. The van der Waals surface area contributed by atoms with Gasteiger partial charge in [-0.2, -0.15) is 0 Å². The summed E-state index contributed by atoms with van der Waals surface area (Å²) in [6.07, 6.45) is 8.68. The second kappa shape index (κ2) is 9.23. The van der Waals surface area contributed by atoms with Crippen LogP contribution in [0.3, 0.4) is 0 Å². The second-order valence-corrected chi connectivity index (χ2v) is 5.63. The van der Waals surface area contributed by atoms with Crippen molar-refractivity contribution in [2.24, 2.45) is 0 Å². The van der Waals surface area contributed by atoms with E-state index in [1.54, 1.807) is 0 Å². The summed E-state index contributed by atoms with van der Waals surface area (Å²) in [7, 11) is 0. The summed E-state index contributed by atoms with van der Waals surface area (Å²) in [4.78, 5) is 24.1. The Balaban J connectivity index is 1.50. The first-order valence-electron chi connectivity index (χ1n) is 8.06. The van der Waals surface area contributed by atoms with Gasteiger partial charge in [-0.3, -0.25) is 4.79 Å². The van der Waals surface area contributed by atoms with Crippen LogP contribution in [0.4, 0.5) is 0 Å². The van der Waals surface area contributed by atoms with E-state index in [9.17, 15) is 9.59 Å². The van der Waals surface area contributed by atoms with Gasteiger partial charge in [0.15, 0.2) is 0 Å². The SMILES string of the molecule is O=CN1CC[CH]C1C(=O)OCCCCCCc1ccccc1. The zero-order valence-corrected chi connectivity index (χ0v) is 12.9. The molecule has 0 N–H and O–H groups in total. The minimum Gasteiger partial charge on any atom is -0.464 e. The predicted molar refractivity (Wildman–Crippen MR) is 85.0 cm³/mol. The fourth-order valence-electron chi connectivity index (χ4n) is 2.69. The first-order chi connectivity index (χ1) is 10.8. The van der Waals surface area contributed by atoms with Crippen molar-refractivity contribution in [3.05, 3.63) is 42.3 Å². The van der Waals surface area contributed by atoms with Gasteiger partial charge in [0.25, 0.3) is 0 Å². The summed E-state index contributed by atoms with van der Waals surface area (Å²) in [5, 5.41) is 0. The molecule has 1 aliphatic rings. The van der Waals surface area contributed by atoms with Crippen LogP contribution in [0.1, 0.15) is 37.7 Å². The molecular weight excluding hydrogens is 278 g/mol. The van der Waals surface area contributed by atoms with Gasteiger partial charge < -0.3 is 9.64 Å². The van der Waals surface area contributed by atoms with E-state index in [1.165, 1.54) is 10.5 Å². The molecule has 4 heteroatoms. The number of benzene rings is 1. The number of hydrogen-bond donors (Lipinski definition) is 0. The van der Waals surface area contributed by atoms with Gasteiger partial charge >= 0.3 is 5.97 Å². The van der Waals surface area contributed by atoms with Crippen LogP contribution in [0.25, 0.3) is 0 Å². The molecule has 22 heavy (non-hydrogen) atoms. The van der Waals surface area contributed by atoms with E-state index < -0.39 is 6.04 Å². The monoisotopic (exact) mass is 302 g/mol. The van der Waals surface area contributed by atoms with Crippen LogP contribution < -0.4 is 0 Å². The third kappa shape index (κ3) is 5.17. The minimum absolute atomic E-state index is 0.297. The van der Waals surface area contributed by atoms with Gasteiger partial charge in [-0.05, 0) is 37.7 Å². The molecule has 1 fully saturated rings. The zero-order valence-electron chi connectivity index (χ0n) is 12.9. The number of carbonyl (C=O) groups excluding carboxylic acids is 2.